The molecule has 1 aromatic heterocycles. The minimum absolute atomic E-state index is 0.0561. The van der Waals surface area contributed by atoms with E-state index in [9.17, 15) is 4.79 Å². The minimum Gasteiger partial charge on any atom is -0.462 e. The number of hydrogen-bond donors (Lipinski definition) is 2. The van der Waals surface area contributed by atoms with Gasteiger partial charge < -0.3 is 15.0 Å². The fourth-order valence-corrected chi connectivity index (χ4v) is 4.19. The SMILES string of the molecule is Cn1cc(-c2ccc(C(=N)N)cc2)nc1-c1ccc(CCC(=O)OC2CCCCC2)cc1. The second kappa shape index (κ2) is 9.81. The van der Waals surface area contributed by atoms with E-state index in [4.69, 9.17) is 20.9 Å². The third-order valence-electron chi connectivity index (χ3n) is 6.05. The summed E-state index contributed by atoms with van der Waals surface area (Å²) in [6.45, 7) is 0. The molecule has 1 fully saturated rings. The average Bonchev–Trinajstić information content (AvgIpc) is 3.20. The summed E-state index contributed by atoms with van der Waals surface area (Å²) in [7, 11) is 1.98. The van der Waals surface area contributed by atoms with Crippen LogP contribution in [0.4, 0.5) is 0 Å². The second-order valence-electron chi connectivity index (χ2n) is 8.50. The van der Waals surface area contributed by atoms with Gasteiger partial charge in [-0.1, -0.05) is 55.0 Å². The van der Waals surface area contributed by atoms with Crippen molar-refractivity contribution in [1.82, 2.24) is 9.55 Å². The molecule has 0 aliphatic heterocycles. The Labute approximate surface area is 188 Å². The number of hydrogen-bond acceptors (Lipinski definition) is 4. The molecule has 166 valence electrons. The Morgan fingerprint density at radius 1 is 1.06 bits per heavy atom. The van der Waals surface area contributed by atoms with E-state index in [2.05, 4.69) is 12.1 Å². The molecule has 6 heteroatoms. The standard InChI is InChI=1S/C26H30N4O2/c1-30-17-23(19-12-14-20(15-13-19)25(27)28)29-26(30)21-10-7-18(8-11-21)9-16-24(31)32-22-5-3-2-4-6-22/h7-8,10-15,17,22H,2-6,9,16H2,1H3,(H3,27,28). The first kappa shape index (κ1) is 21.8. The number of carbonyl (C=O) groups excluding carboxylic acids is 1. The first-order valence-corrected chi connectivity index (χ1v) is 11.3. The van der Waals surface area contributed by atoms with Crippen LogP contribution in [0.15, 0.2) is 54.7 Å². The minimum atomic E-state index is -0.0921. The molecule has 0 unspecified atom stereocenters. The van der Waals surface area contributed by atoms with E-state index in [1.54, 1.807) is 0 Å². The summed E-state index contributed by atoms with van der Waals surface area (Å²) in [4.78, 5) is 17.0. The molecule has 0 amide bonds. The van der Waals surface area contributed by atoms with Crippen LogP contribution in [0, 0.1) is 5.41 Å². The molecule has 2 aromatic carbocycles. The summed E-state index contributed by atoms with van der Waals surface area (Å²) >= 11 is 0. The summed E-state index contributed by atoms with van der Waals surface area (Å²) < 4.78 is 7.62. The van der Waals surface area contributed by atoms with Crippen LogP contribution in [-0.4, -0.2) is 27.5 Å². The molecular weight excluding hydrogens is 400 g/mol. The van der Waals surface area contributed by atoms with Crippen molar-refractivity contribution < 1.29 is 9.53 Å². The van der Waals surface area contributed by atoms with Gasteiger partial charge in [-0.25, -0.2) is 4.98 Å². The van der Waals surface area contributed by atoms with Crippen LogP contribution in [0.3, 0.4) is 0 Å². The van der Waals surface area contributed by atoms with Crippen LogP contribution in [-0.2, 0) is 23.0 Å². The molecule has 0 atom stereocenters. The summed E-state index contributed by atoms with van der Waals surface area (Å²) in [6, 6.07) is 15.7. The Hall–Kier alpha value is -3.41. The lowest BCUT2D eigenvalue weighted by Crippen LogP contribution is -2.21. The number of nitrogens with two attached hydrogens (primary N) is 1. The van der Waals surface area contributed by atoms with Gasteiger partial charge in [0.15, 0.2) is 0 Å². The fourth-order valence-electron chi connectivity index (χ4n) is 4.19. The van der Waals surface area contributed by atoms with Gasteiger partial charge in [-0.05, 0) is 37.7 Å². The molecule has 3 aromatic rings. The van der Waals surface area contributed by atoms with Gasteiger partial charge in [-0.15, -0.1) is 0 Å². The molecule has 4 rings (SSSR count). The first-order valence-electron chi connectivity index (χ1n) is 11.3. The van der Waals surface area contributed by atoms with Gasteiger partial charge in [0.05, 0.1) is 5.69 Å². The lowest BCUT2D eigenvalue weighted by atomic mass is 9.98. The highest BCUT2D eigenvalue weighted by Crippen LogP contribution is 2.25. The number of benzene rings is 2. The topological polar surface area (TPSA) is 94.0 Å². The van der Waals surface area contributed by atoms with Gasteiger partial charge in [0.25, 0.3) is 0 Å². The van der Waals surface area contributed by atoms with E-state index in [-0.39, 0.29) is 17.9 Å². The van der Waals surface area contributed by atoms with Gasteiger partial charge in [-0.3, -0.25) is 10.2 Å². The summed E-state index contributed by atoms with van der Waals surface area (Å²) in [5, 5.41) is 7.52. The molecule has 0 saturated heterocycles. The van der Waals surface area contributed by atoms with Crippen molar-refractivity contribution in [3.05, 3.63) is 65.9 Å². The summed E-state index contributed by atoms with van der Waals surface area (Å²) in [5.41, 5.74) is 10.2. The number of imidazole rings is 1. The quantitative estimate of drug-likeness (QED) is 0.318. The van der Waals surface area contributed by atoms with Crippen LogP contribution in [0.1, 0.15) is 49.7 Å². The Bertz CT molecular complexity index is 1080. The normalized spacial score (nSPS) is 14.3. The van der Waals surface area contributed by atoms with Crippen LogP contribution in [0.2, 0.25) is 0 Å². The van der Waals surface area contributed by atoms with Crippen molar-refractivity contribution in [1.29, 1.82) is 5.41 Å². The zero-order valence-corrected chi connectivity index (χ0v) is 18.5. The predicted molar refractivity (Wildman–Crippen MR) is 126 cm³/mol. The van der Waals surface area contributed by atoms with Crippen LogP contribution >= 0.6 is 0 Å². The largest absolute Gasteiger partial charge is 0.462 e. The monoisotopic (exact) mass is 430 g/mol. The van der Waals surface area contributed by atoms with E-state index in [1.807, 2.05) is 54.2 Å². The van der Waals surface area contributed by atoms with Crippen molar-refractivity contribution >= 4 is 11.8 Å². The Balaban J connectivity index is 1.38. The average molecular weight is 431 g/mol. The highest BCUT2D eigenvalue weighted by molar-refractivity contribution is 5.95. The zero-order valence-electron chi connectivity index (χ0n) is 18.5. The van der Waals surface area contributed by atoms with E-state index in [0.717, 1.165) is 53.9 Å². The predicted octanol–water partition coefficient (Wildman–Crippen LogP) is 4.85. The Morgan fingerprint density at radius 2 is 1.72 bits per heavy atom. The number of aryl methyl sites for hydroxylation is 2. The highest BCUT2D eigenvalue weighted by atomic mass is 16.5. The maximum atomic E-state index is 12.2. The number of aromatic nitrogens is 2. The number of carbonyl (C=O) groups is 1. The van der Waals surface area contributed by atoms with E-state index >= 15 is 0 Å². The third-order valence-corrected chi connectivity index (χ3v) is 6.05. The maximum absolute atomic E-state index is 12.2. The van der Waals surface area contributed by atoms with Gasteiger partial charge in [-0.2, -0.15) is 0 Å². The zero-order chi connectivity index (χ0) is 22.5. The molecule has 3 N–H and O–H groups in total. The molecule has 0 spiro atoms. The molecule has 1 aliphatic carbocycles. The first-order chi connectivity index (χ1) is 15.5. The summed E-state index contributed by atoms with van der Waals surface area (Å²) in [6.07, 6.45) is 8.81. The number of nitrogens with one attached hydrogen (secondary N) is 1. The number of amidine groups is 1. The molecule has 0 radical (unpaired) electrons. The molecule has 1 heterocycles. The smallest absolute Gasteiger partial charge is 0.306 e. The molecule has 32 heavy (non-hydrogen) atoms. The van der Waals surface area contributed by atoms with Crippen molar-refractivity contribution in [2.24, 2.45) is 12.8 Å². The van der Waals surface area contributed by atoms with Gasteiger partial charge >= 0.3 is 5.97 Å². The second-order valence-corrected chi connectivity index (χ2v) is 8.50. The molecule has 6 nitrogen and oxygen atoms in total. The number of nitrogens with zero attached hydrogens (tertiary/aromatic N) is 2. The number of nitrogen functional groups attached to an aromatic ring is 1. The van der Waals surface area contributed by atoms with E-state index in [0.29, 0.717) is 18.4 Å². The van der Waals surface area contributed by atoms with Crippen LogP contribution in [0.5, 0.6) is 0 Å². The van der Waals surface area contributed by atoms with Crippen molar-refractivity contribution in [2.75, 3.05) is 0 Å². The lowest BCUT2D eigenvalue weighted by molar-refractivity contribution is -0.150. The van der Waals surface area contributed by atoms with Crippen molar-refractivity contribution in [3.63, 3.8) is 0 Å². The molecular formula is C26H30N4O2. The molecule has 0 bridgehead atoms. The van der Waals surface area contributed by atoms with Crippen LogP contribution < -0.4 is 5.73 Å². The Kier molecular flexibility index (Phi) is 6.69. The third kappa shape index (κ3) is 5.25. The van der Waals surface area contributed by atoms with Gasteiger partial charge in [0.2, 0.25) is 0 Å². The van der Waals surface area contributed by atoms with E-state index in [1.165, 1.54) is 6.42 Å². The van der Waals surface area contributed by atoms with Gasteiger partial charge in [0.1, 0.15) is 17.8 Å². The number of rotatable bonds is 7. The fraction of sp³-hybridized carbons (Fsp3) is 0.346. The van der Waals surface area contributed by atoms with Crippen LogP contribution in [0.25, 0.3) is 22.6 Å². The molecule has 1 aliphatic rings. The summed E-state index contributed by atoms with van der Waals surface area (Å²) in [5.74, 6) is 0.838. The number of ether oxygens (including phenoxy) is 1. The maximum Gasteiger partial charge on any atom is 0.306 e. The lowest BCUT2D eigenvalue weighted by Gasteiger charge is -2.21. The highest BCUT2D eigenvalue weighted by Gasteiger charge is 2.17. The van der Waals surface area contributed by atoms with E-state index < -0.39 is 0 Å². The number of esters is 1. The van der Waals surface area contributed by atoms with Gasteiger partial charge in [0, 0.05) is 36.4 Å². The molecule has 1 saturated carbocycles. The van der Waals surface area contributed by atoms with Crippen molar-refractivity contribution in [3.8, 4) is 22.6 Å². The Morgan fingerprint density at radius 3 is 2.38 bits per heavy atom. The van der Waals surface area contributed by atoms with Crippen molar-refractivity contribution in [2.45, 2.75) is 51.0 Å².